The van der Waals surface area contributed by atoms with Gasteiger partial charge in [0.05, 0.1) is 16.6 Å². The van der Waals surface area contributed by atoms with Crippen LogP contribution in [0.25, 0.3) is 11.1 Å². The first-order chi connectivity index (χ1) is 9.65. The third kappa shape index (κ3) is 2.38. The Morgan fingerprint density at radius 2 is 2.15 bits per heavy atom. The van der Waals surface area contributed by atoms with Crippen molar-refractivity contribution in [3.8, 4) is 0 Å². The number of carbonyl (C=O) groups excluding carboxylic acids is 1. The summed E-state index contributed by atoms with van der Waals surface area (Å²) in [5.74, 6) is -0.0706. The molecule has 0 saturated carbocycles. The van der Waals surface area contributed by atoms with Crippen molar-refractivity contribution in [1.29, 1.82) is 0 Å². The lowest BCUT2D eigenvalue weighted by atomic mass is 10.0. The van der Waals surface area contributed by atoms with E-state index in [0.717, 1.165) is 31.6 Å². The molecule has 0 atom stereocenters. The van der Waals surface area contributed by atoms with Crippen LogP contribution in [0.4, 0.5) is 0 Å². The number of aromatic nitrogens is 2. The van der Waals surface area contributed by atoms with Gasteiger partial charge in [0.2, 0.25) is 0 Å². The monoisotopic (exact) mass is 274 g/mol. The van der Waals surface area contributed by atoms with Gasteiger partial charge in [-0.1, -0.05) is 5.16 Å². The lowest BCUT2D eigenvalue weighted by Gasteiger charge is -2.23. The smallest absolute Gasteiger partial charge is 0.258 e. The molecular formula is C14H18N4O2. The first-order valence-electron chi connectivity index (χ1n) is 6.90. The first kappa shape index (κ1) is 13.1. The Kier molecular flexibility index (Phi) is 3.40. The number of rotatable bonds is 2. The van der Waals surface area contributed by atoms with Crippen LogP contribution in [-0.2, 0) is 0 Å². The van der Waals surface area contributed by atoms with Gasteiger partial charge in [0, 0.05) is 11.7 Å². The molecule has 0 spiro atoms. The number of piperidine rings is 1. The van der Waals surface area contributed by atoms with E-state index in [2.05, 4.69) is 20.8 Å². The molecule has 1 aliphatic rings. The maximum atomic E-state index is 12.5. The molecule has 6 nitrogen and oxygen atoms in total. The molecule has 2 N–H and O–H groups in total. The van der Waals surface area contributed by atoms with Crippen molar-refractivity contribution in [2.45, 2.75) is 32.7 Å². The molecule has 0 aromatic carbocycles. The number of carbonyl (C=O) groups is 1. The summed E-state index contributed by atoms with van der Waals surface area (Å²) in [6.07, 6.45) is 1.92. The SMILES string of the molecule is Cc1cc(C(=O)NC2CCNCC2)c2c(C)noc2n1. The van der Waals surface area contributed by atoms with Crippen molar-refractivity contribution in [2.75, 3.05) is 13.1 Å². The fraction of sp³-hybridized carbons (Fsp3) is 0.500. The largest absolute Gasteiger partial charge is 0.349 e. The van der Waals surface area contributed by atoms with Gasteiger partial charge in [-0.3, -0.25) is 4.79 Å². The van der Waals surface area contributed by atoms with Crippen molar-refractivity contribution < 1.29 is 9.32 Å². The summed E-state index contributed by atoms with van der Waals surface area (Å²) in [6, 6.07) is 2.02. The van der Waals surface area contributed by atoms with E-state index in [1.165, 1.54) is 0 Å². The second kappa shape index (κ2) is 5.20. The second-order valence-electron chi connectivity index (χ2n) is 5.26. The van der Waals surface area contributed by atoms with Crippen molar-refractivity contribution in [2.24, 2.45) is 0 Å². The van der Waals surface area contributed by atoms with Crippen LogP contribution in [0, 0.1) is 13.8 Å². The summed E-state index contributed by atoms with van der Waals surface area (Å²) in [4.78, 5) is 16.8. The van der Waals surface area contributed by atoms with Gasteiger partial charge in [0.15, 0.2) is 0 Å². The Morgan fingerprint density at radius 1 is 1.40 bits per heavy atom. The Labute approximate surface area is 116 Å². The van der Waals surface area contributed by atoms with Gasteiger partial charge in [0.1, 0.15) is 0 Å². The third-order valence-electron chi connectivity index (χ3n) is 3.66. The van der Waals surface area contributed by atoms with Crippen LogP contribution in [0.5, 0.6) is 0 Å². The molecule has 1 aliphatic heterocycles. The number of aryl methyl sites for hydroxylation is 2. The molecular weight excluding hydrogens is 256 g/mol. The normalized spacial score (nSPS) is 16.5. The predicted molar refractivity (Wildman–Crippen MR) is 74.6 cm³/mol. The number of nitrogens with one attached hydrogen (secondary N) is 2. The van der Waals surface area contributed by atoms with E-state index in [4.69, 9.17) is 4.52 Å². The Morgan fingerprint density at radius 3 is 2.90 bits per heavy atom. The zero-order valence-corrected chi connectivity index (χ0v) is 11.7. The number of fused-ring (bicyclic) bond motifs is 1. The number of pyridine rings is 1. The van der Waals surface area contributed by atoms with E-state index in [0.29, 0.717) is 22.4 Å². The van der Waals surface area contributed by atoms with Crippen LogP contribution in [0.1, 0.15) is 34.6 Å². The van der Waals surface area contributed by atoms with E-state index >= 15 is 0 Å². The van der Waals surface area contributed by atoms with E-state index in [9.17, 15) is 4.79 Å². The highest BCUT2D eigenvalue weighted by molar-refractivity contribution is 6.06. The minimum atomic E-state index is -0.0706. The van der Waals surface area contributed by atoms with E-state index in [1.54, 1.807) is 6.07 Å². The molecule has 0 aliphatic carbocycles. The van der Waals surface area contributed by atoms with Crippen LogP contribution >= 0.6 is 0 Å². The van der Waals surface area contributed by atoms with Gasteiger partial charge in [0.25, 0.3) is 11.6 Å². The van der Waals surface area contributed by atoms with Crippen molar-refractivity contribution in [3.63, 3.8) is 0 Å². The molecule has 1 amide bonds. The second-order valence-corrected chi connectivity index (χ2v) is 5.26. The first-order valence-corrected chi connectivity index (χ1v) is 6.90. The minimum Gasteiger partial charge on any atom is -0.349 e. The van der Waals surface area contributed by atoms with Crippen molar-refractivity contribution in [1.82, 2.24) is 20.8 Å². The molecule has 106 valence electrons. The average molecular weight is 274 g/mol. The summed E-state index contributed by atoms with van der Waals surface area (Å²) in [7, 11) is 0. The highest BCUT2D eigenvalue weighted by Gasteiger charge is 2.21. The molecule has 1 saturated heterocycles. The van der Waals surface area contributed by atoms with Gasteiger partial charge in [-0.15, -0.1) is 0 Å². The minimum absolute atomic E-state index is 0.0706. The molecule has 0 unspecified atom stereocenters. The maximum absolute atomic E-state index is 12.5. The van der Waals surface area contributed by atoms with Gasteiger partial charge in [-0.25, -0.2) is 4.98 Å². The fourth-order valence-electron chi connectivity index (χ4n) is 2.63. The van der Waals surface area contributed by atoms with Crippen LogP contribution in [0.15, 0.2) is 10.6 Å². The lowest BCUT2D eigenvalue weighted by Crippen LogP contribution is -2.42. The van der Waals surface area contributed by atoms with Crippen LogP contribution in [0.2, 0.25) is 0 Å². The van der Waals surface area contributed by atoms with Gasteiger partial charge in [-0.05, 0) is 45.8 Å². The summed E-state index contributed by atoms with van der Waals surface area (Å²) < 4.78 is 5.16. The Hall–Kier alpha value is -1.95. The molecule has 0 bridgehead atoms. The molecule has 0 radical (unpaired) electrons. The molecule has 1 fully saturated rings. The quantitative estimate of drug-likeness (QED) is 0.863. The predicted octanol–water partition coefficient (Wildman–Crippen LogP) is 1.32. The van der Waals surface area contributed by atoms with E-state index in [-0.39, 0.29) is 11.9 Å². The van der Waals surface area contributed by atoms with E-state index < -0.39 is 0 Å². The number of hydrogen-bond acceptors (Lipinski definition) is 5. The highest BCUT2D eigenvalue weighted by atomic mass is 16.5. The zero-order chi connectivity index (χ0) is 14.1. The molecule has 3 rings (SSSR count). The summed E-state index contributed by atoms with van der Waals surface area (Å²) in [5, 5.41) is 11.0. The molecule has 2 aromatic rings. The topological polar surface area (TPSA) is 80.0 Å². The summed E-state index contributed by atoms with van der Waals surface area (Å²) in [5.41, 5.74) is 2.48. The van der Waals surface area contributed by atoms with Gasteiger partial charge >= 0.3 is 0 Å². The number of hydrogen-bond donors (Lipinski definition) is 2. The van der Waals surface area contributed by atoms with Crippen LogP contribution < -0.4 is 10.6 Å². The molecule has 3 heterocycles. The van der Waals surface area contributed by atoms with Gasteiger partial charge in [-0.2, -0.15) is 0 Å². The fourth-order valence-corrected chi connectivity index (χ4v) is 2.63. The Bertz CT molecular complexity index is 644. The maximum Gasteiger partial charge on any atom is 0.258 e. The Balaban J connectivity index is 1.92. The standard InChI is InChI=1S/C14H18N4O2/c1-8-7-11(12-9(2)18-20-14(12)16-8)13(19)17-10-3-5-15-6-4-10/h7,10,15H,3-6H2,1-2H3,(H,17,19). The van der Waals surface area contributed by atoms with E-state index in [1.807, 2.05) is 13.8 Å². The molecule has 2 aromatic heterocycles. The average Bonchev–Trinajstić information content (AvgIpc) is 2.80. The number of amides is 1. The highest BCUT2D eigenvalue weighted by Crippen LogP contribution is 2.22. The van der Waals surface area contributed by atoms with Gasteiger partial charge < -0.3 is 15.2 Å². The van der Waals surface area contributed by atoms with Crippen LogP contribution in [0.3, 0.4) is 0 Å². The third-order valence-corrected chi connectivity index (χ3v) is 3.66. The summed E-state index contributed by atoms with van der Waals surface area (Å²) in [6.45, 7) is 5.56. The van der Waals surface area contributed by atoms with Crippen molar-refractivity contribution >= 4 is 17.0 Å². The van der Waals surface area contributed by atoms with Crippen molar-refractivity contribution in [3.05, 3.63) is 23.0 Å². The lowest BCUT2D eigenvalue weighted by molar-refractivity contribution is 0.0931. The zero-order valence-electron chi connectivity index (χ0n) is 11.7. The van der Waals surface area contributed by atoms with Crippen LogP contribution in [-0.4, -0.2) is 35.2 Å². The molecule has 20 heavy (non-hydrogen) atoms. The summed E-state index contributed by atoms with van der Waals surface area (Å²) >= 11 is 0. The molecule has 6 heteroatoms. The number of nitrogens with zero attached hydrogens (tertiary/aromatic N) is 2.